The number of nitrogens with one attached hydrogen (secondary N) is 1. The Bertz CT molecular complexity index is 732. The van der Waals surface area contributed by atoms with Gasteiger partial charge in [0.25, 0.3) is 0 Å². The zero-order valence-corrected chi connectivity index (χ0v) is 13.6. The molecule has 5 nitrogen and oxygen atoms in total. The molecular formula is C14H18ClN3O2S. The highest BCUT2D eigenvalue weighted by Gasteiger charge is 2.12. The van der Waals surface area contributed by atoms with Crippen molar-refractivity contribution in [2.75, 3.05) is 26.4 Å². The van der Waals surface area contributed by atoms with Crippen LogP contribution >= 0.6 is 11.6 Å². The van der Waals surface area contributed by atoms with Gasteiger partial charge in [-0.1, -0.05) is 17.7 Å². The topological polar surface area (TPSA) is 62.3 Å². The molecule has 0 aliphatic carbocycles. The van der Waals surface area contributed by atoms with Gasteiger partial charge in [0.05, 0.1) is 11.3 Å². The number of fused-ring (bicyclic) bond motifs is 1. The summed E-state index contributed by atoms with van der Waals surface area (Å²) in [7, 11) is -0.100. The number of nitrogens with zero attached hydrogens (tertiary/aromatic N) is 2. The number of sulfonamides is 1. The summed E-state index contributed by atoms with van der Waals surface area (Å²) >= 11 is 6.14. The van der Waals surface area contributed by atoms with E-state index in [4.69, 9.17) is 11.6 Å². The second-order valence-electron chi connectivity index (χ2n) is 4.88. The van der Waals surface area contributed by atoms with Gasteiger partial charge in [0.2, 0.25) is 10.0 Å². The molecule has 2 rings (SSSR count). The third kappa shape index (κ3) is 3.91. The summed E-state index contributed by atoms with van der Waals surface area (Å²) in [6.45, 7) is 0.936. The Morgan fingerprint density at radius 1 is 1.29 bits per heavy atom. The molecule has 1 N–H and O–H groups in total. The van der Waals surface area contributed by atoms with Gasteiger partial charge in [0, 0.05) is 43.8 Å². The predicted molar refractivity (Wildman–Crippen MR) is 85.9 cm³/mol. The first-order chi connectivity index (χ1) is 9.92. The minimum Gasteiger partial charge on any atom is -0.312 e. The molecule has 0 saturated carbocycles. The molecule has 0 fully saturated rings. The number of aromatic nitrogens is 1. The average Bonchev–Trinajstić information content (AvgIpc) is 2.46. The summed E-state index contributed by atoms with van der Waals surface area (Å²) in [6, 6.07) is 7.50. The molecule has 7 heteroatoms. The third-order valence-corrected chi connectivity index (χ3v) is 5.37. The first-order valence-corrected chi connectivity index (χ1v) is 8.53. The van der Waals surface area contributed by atoms with Crippen LogP contribution in [-0.2, 0) is 16.6 Å². The van der Waals surface area contributed by atoms with Gasteiger partial charge in [0.15, 0.2) is 0 Å². The summed E-state index contributed by atoms with van der Waals surface area (Å²) in [4.78, 5) is 4.35. The molecule has 0 atom stereocenters. The fourth-order valence-corrected chi connectivity index (χ4v) is 2.93. The highest BCUT2D eigenvalue weighted by molar-refractivity contribution is 7.89. The summed E-state index contributed by atoms with van der Waals surface area (Å²) in [5.74, 6) is 0.0684. The summed E-state index contributed by atoms with van der Waals surface area (Å²) in [6.07, 6.45) is 1.72. The van der Waals surface area contributed by atoms with Crippen molar-refractivity contribution < 1.29 is 8.42 Å². The van der Waals surface area contributed by atoms with E-state index in [0.717, 1.165) is 16.5 Å². The molecule has 0 unspecified atom stereocenters. The number of hydrogen-bond donors (Lipinski definition) is 1. The lowest BCUT2D eigenvalue weighted by Crippen LogP contribution is -2.31. The van der Waals surface area contributed by atoms with Gasteiger partial charge in [0.1, 0.15) is 0 Å². The van der Waals surface area contributed by atoms with Gasteiger partial charge < -0.3 is 5.32 Å². The van der Waals surface area contributed by atoms with Crippen LogP contribution in [0.25, 0.3) is 10.9 Å². The smallest absolute Gasteiger partial charge is 0.214 e. The molecule has 21 heavy (non-hydrogen) atoms. The molecule has 0 aliphatic rings. The van der Waals surface area contributed by atoms with Crippen LogP contribution in [-0.4, -0.2) is 44.1 Å². The number of rotatable bonds is 6. The van der Waals surface area contributed by atoms with Crippen molar-refractivity contribution in [1.82, 2.24) is 14.6 Å². The maximum absolute atomic E-state index is 11.7. The molecule has 1 aromatic heterocycles. The molecule has 0 radical (unpaired) electrons. The monoisotopic (exact) mass is 327 g/mol. The average molecular weight is 328 g/mol. The van der Waals surface area contributed by atoms with Crippen molar-refractivity contribution in [1.29, 1.82) is 0 Å². The SMILES string of the molecule is CN(C)S(=O)(=O)CCNCc1ccc(Cl)c2cccnc12. The van der Waals surface area contributed by atoms with E-state index in [2.05, 4.69) is 10.3 Å². The molecule has 1 heterocycles. The van der Waals surface area contributed by atoms with Crippen LogP contribution in [0.1, 0.15) is 5.56 Å². The second-order valence-corrected chi connectivity index (χ2v) is 7.59. The van der Waals surface area contributed by atoms with E-state index in [9.17, 15) is 8.42 Å². The Morgan fingerprint density at radius 3 is 2.76 bits per heavy atom. The van der Waals surface area contributed by atoms with Gasteiger partial charge in [-0.05, 0) is 23.8 Å². The second kappa shape index (κ2) is 6.70. The number of hydrogen-bond acceptors (Lipinski definition) is 4. The van der Waals surface area contributed by atoms with Crippen molar-refractivity contribution in [3.8, 4) is 0 Å². The van der Waals surface area contributed by atoms with Crippen molar-refractivity contribution >= 4 is 32.5 Å². The van der Waals surface area contributed by atoms with Crippen LogP contribution in [0.3, 0.4) is 0 Å². The van der Waals surface area contributed by atoms with E-state index in [0.29, 0.717) is 18.1 Å². The third-order valence-electron chi connectivity index (χ3n) is 3.21. The van der Waals surface area contributed by atoms with Gasteiger partial charge in [-0.25, -0.2) is 12.7 Å². The molecule has 0 spiro atoms. The zero-order valence-electron chi connectivity index (χ0n) is 12.0. The van der Waals surface area contributed by atoms with Crippen LogP contribution in [0.2, 0.25) is 5.02 Å². The van der Waals surface area contributed by atoms with Crippen LogP contribution < -0.4 is 5.32 Å². The van der Waals surface area contributed by atoms with Crippen molar-refractivity contribution in [3.63, 3.8) is 0 Å². The predicted octanol–water partition coefficient (Wildman–Crippen LogP) is 1.87. The summed E-state index contributed by atoms with van der Waals surface area (Å²) in [5.41, 5.74) is 1.84. The van der Waals surface area contributed by atoms with Gasteiger partial charge in [-0.2, -0.15) is 0 Å². The van der Waals surface area contributed by atoms with Crippen LogP contribution in [0.15, 0.2) is 30.5 Å². The summed E-state index contributed by atoms with van der Waals surface area (Å²) in [5, 5.41) is 4.70. The van der Waals surface area contributed by atoms with E-state index in [1.165, 1.54) is 18.4 Å². The van der Waals surface area contributed by atoms with Crippen LogP contribution in [0.5, 0.6) is 0 Å². The Hall–Kier alpha value is -1.21. The normalized spacial score (nSPS) is 12.2. The molecule has 0 aliphatic heterocycles. The lowest BCUT2D eigenvalue weighted by Gasteiger charge is -2.12. The van der Waals surface area contributed by atoms with E-state index < -0.39 is 10.0 Å². The fraction of sp³-hybridized carbons (Fsp3) is 0.357. The van der Waals surface area contributed by atoms with Crippen molar-refractivity contribution in [2.45, 2.75) is 6.54 Å². The molecule has 114 valence electrons. The summed E-state index contributed by atoms with van der Waals surface area (Å²) < 4.78 is 24.5. The van der Waals surface area contributed by atoms with Crippen LogP contribution in [0.4, 0.5) is 0 Å². The fourth-order valence-electron chi connectivity index (χ4n) is 1.95. The molecule has 0 saturated heterocycles. The van der Waals surface area contributed by atoms with Gasteiger partial charge >= 0.3 is 0 Å². The minimum atomic E-state index is -3.17. The minimum absolute atomic E-state index is 0.0684. The quantitative estimate of drug-likeness (QED) is 0.823. The molecule has 0 bridgehead atoms. The van der Waals surface area contributed by atoms with Crippen molar-refractivity contribution in [3.05, 3.63) is 41.0 Å². The maximum Gasteiger partial charge on any atom is 0.214 e. The van der Waals surface area contributed by atoms with Gasteiger partial charge in [-0.15, -0.1) is 0 Å². The number of pyridine rings is 1. The first kappa shape index (κ1) is 16.2. The number of halogens is 1. The standard InChI is InChI=1S/C14H18ClN3O2S/c1-18(2)21(19,20)9-8-16-10-11-5-6-13(15)12-4-3-7-17-14(11)12/h3-7,16H,8-10H2,1-2H3. The Labute approximate surface area is 130 Å². The molecule has 0 amide bonds. The van der Waals surface area contributed by atoms with E-state index in [1.54, 1.807) is 6.20 Å². The van der Waals surface area contributed by atoms with E-state index >= 15 is 0 Å². The number of benzene rings is 1. The van der Waals surface area contributed by atoms with E-state index in [-0.39, 0.29) is 5.75 Å². The molecule has 1 aromatic carbocycles. The lowest BCUT2D eigenvalue weighted by molar-refractivity contribution is 0.517. The largest absolute Gasteiger partial charge is 0.312 e. The maximum atomic E-state index is 11.7. The zero-order chi connectivity index (χ0) is 15.5. The Morgan fingerprint density at radius 2 is 2.05 bits per heavy atom. The Balaban J connectivity index is 2.04. The van der Waals surface area contributed by atoms with Crippen LogP contribution in [0, 0.1) is 0 Å². The molecule has 2 aromatic rings. The highest BCUT2D eigenvalue weighted by atomic mass is 35.5. The highest BCUT2D eigenvalue weighted by Crippen LogP contribution is 2.24. The van der Waals surface area contributed by atoms with E-state index in [1.807, 2.05) is 24.3 Å². The van der Waals surface area contributed by atoms with Crippen molar-refractivity contribution in [2.24, 2.45) is 0 Å². The Kier molecular flexibility index (Phi) is 5.16. The van der Waals surface area contributed by atoms with Gasteiger partial charge in [-0.3, -0.25) is 4.98 Å². The first-order valence-electron chi connectivity index (χ1n) is 6.55. The molecular weight excluding hydrogens is 310 g/mol. The lowest BCUT2D eigenvalue weighted by atomic mass is 10.1.